The lowest BCUT2D eigenvalue weighted by atomic mass is 9.98. The SMILES string of the molecule is CCCc1nsc(N2CC(C)(O)C2)n1. The number of aryl methyl sites for hydroxylation is 1. The van der Waals surface area contributed by atoms with Crippen LogP contribution in [0.4, 0.5) is 5.13 Å². The molecular formula is C9H15N3OS. The van der Waals surface area contributed by atoms with Crippen molar-refractivity contribution in [2.24, 2.45) is 0 Å². The highest BCUT2D eigenvalue weighted by molar-refractivity contribution is 7.09. The third-order valence-corrected chi connectivity index (χ3v) is 3.08. The zero-order chi connectivity index (χ0) is 10.2. The molecule has 0 atom stereocenters. The quantitative estimate of drug-likeness (QED) is 0.815. The summed E-state index contributed by atoms with van der Waals surface area (Å²) < 4.78 is 4.26. The van der Waals surface area contributed by atoms with Crippen molar-refractivity contribution in [3.8, 4) is 0 Å². The second kappa shape index (κ2) is 3.47. The first-order valence-electron chi connectivity index (χ1n) is 4.90. The largest absolute Gasteiger partial charge is 0.386 e. The highest BCUT2D eigenvalue weighted by Crippen LogP contribution is 2.28. The normalized spacial score (nSPS) is 19.5. The van der Waals surface area contributed by atoms with Gasteiger partial charge in [-0.2, -0.15) is 4.37 Å². The van der Waals surface area contributed by atoms with Crippen LogP contribution in [0.1, 0.15) is 26.1 Å². The first-order valence-corrected chi connectivity index (χ1v) is 5.68. The van der Waals surface area contributed by atoms with Crippen LogP contribution in [-0.2, 0) is 6.42 Å². The van der Waals surface area contributed by atoms with E-state index in [1.54, 1.807) is 0 Å². The van der Waals surface area contributed by atoms with Crippen molar-refractivity contribution < 1.29 is 5.11 Å². The fourth-order valence-electron chi connectivity index (χ4n) is 1.61. The number of hydrogen-bond acceptors (Lipinski definition) is 5. The number of anilines is 1. The lowest BCUT2D eigenvalue weighted by molar-refractivity contribution is 0.0310. The van der Waals surface area contributed by atoms with Crippen molar-refractivity contribution in [3.63, 3.8) is 0 Å². The summed E-state index contributed by atoms with van der Waals surface area (Å²) in [6.07, 6.45) is 2.02. The van der Waals surface area contributed by atoms with E-state index in [-0.39, 0.29) is 0 Å². The van der Waals surface area contributed by atoms with E-state index in [0.717, 1.165) is 23.8 Å². The van der Waals surface area contributed by atoms with E-state index >= 15 is 0 Å². The van der Waals surface area contributed by atoms with Gasteiger partial charge in [-0.1, -0.05) is 6.92 Å². The van der Waals surface area contributed by atoms with Gasteiger partial charge in [-0.05, 0) is 13.3 Å². The third-order valence-electron chi connectivity index (χ3n) is 2.26. The molecule has 1 aliphatic rings. The van der Waals surface area contributed by atoms with E-state index in [1.165, 1.54) is 11.5 Å². The minimum absolute atomic E-state index is 0.531. The Balaban J connectivity index is 1.98. The van der Waals surface area contributed by atoms with E-state index < -0.39 is 5.60 Å². The molecule has 0 aromatic carbocycles. The molecular weight excluding hydrogens is 198 g/mol. The Morgan fingerprint density at radius 1 is 1.57 bits per heavy atom. The summed E-state index contributed by atoms with van der Waals surface area (Å²) in [5.41, 5.74) is -0.531. The summed E-state index contributed by atoms with van der Waals surface area (Å²) in [6, 6.07) is 0. The number of β-amino-alcohol motifs (C(OH)–C–C–N with tert-alkyl or cyclic N) is 1. The molecule has 1 aliphatic heterocycles. The predicted octanol–water partition coefficient (Wildman–Crippen LogP) is 1.06. The maximum absolute atomic E-state index is 9.57. The highest BCUT2D eigenvalue weighted by atomic mass is 32.1. The molecule has 2 rings (SSSR count). The van der Waals surface area contributed by atoms with Gasteiger partial charge in [0.05, 0.1) is 18.7 Å². The summed E-state index contributed by atoms with van der Waals surface area (Å²) in [5, 5.41) is 10.5. The molecule has 14 heavy (non-hydrogen) atoms. The van der Waals surface area contributed by atoms with Crippen molar-refractivity contribution in [3.05, 3.63) is 5.82 Å². The predicted molar refractivity (Wildman–Crippen MR) is 56.7 cm³/mol. The molecule has 0 amide bonds. The Hall–Kier alpha value is -0.680. The van der Waals surface area contributed by atoms with E-state index in [1.807, 2.05) is 6.92 Å². The third kappa shape index (κ3) is 1.88. The van der Waals surface area contributed by atoms with Gasteiger partial charge in [-0.15, -0.1) is 0 Å². The molecule has 0 unspecified atom stereocenters. The molecule has 0 bridgehead atoms. The minimum atomic E-state index is -0.531. The fraction of sp³-hybridized carbons (Fsp3) is 0.778. The van der Waals surface area contributed by atoms with E-state index in [4.69, 9.17) is 0 Å². The van der Waals surface area contributed by atoms with E-state index in [0.29, 0.717) is 13.1 Å². The molecule has 1 N–H and O–H groups in total. The van der Waals surface area contributed by atoms with Crippen LogP contribution < -0.4 is 4.90 Å². The maximum atomic E-state index is 9.57. The van der Waals surface area contributed by atoms with Crippen molar-refractivity contribution >= 4 is 16.7 Å². The van der Waals surface area contributed by atoms with E-state index in [2.05, 4.69) is 21.2 Å². The van der Waals surface area contributed by atoms with Crippen molar-refractivity contribution in [2.45, 2.75) is 32.3 Å². The summed E-state index contributed by atoms with van der Waals surface area (Å²) in [7, 11) is 0. The summed E-state index contributed by atoms with van der Waals surface area (Å²) in [4.78, 5) is 6.48. The number of aromatic nitrogens is 2. The van der Waals surface area contributed by atoms with Crippen LogP contribution in [0.15, 0.2) is 0 Å². The monoisotopic (exact) mass is 213 g/mol. The first-order chi connectivity index (χ1) is 6.61. The molecule has 78 valence electrons. The van der Waals surface area contributed by atoms with E-state index in [9.17, 15) is 5.11 Å². The zero-order valence-corrected chi connectivity index (χ0v) is 9.34. The second-order valence-corrected chi connectivity index (χ2v) is 4.83. The van der Waals surface area contributed by atoms with Gasteiger partial charge < -0.3 is 10.0 Å². The summed E-state index contributed by atoms with van der Waals surface area (Å²) in [5.74, 6) is 0.930. The molecule has 1 aromatic heterocycles. The Bertz CT molecular complexity index is 316. The topological polar surface area (TPSA) is 49.2 Å². The fourth-order valence-corrected chi connectivity index (χ4v) is 2.32. The molecule has 4 nitrogen and oxygen atoms in total. The zero-order valence-electron chi connectivity index (χ0n) is 8.53. The molecule has 5 heteroatoms. The van der Waals surface area contributed by atoms with Gasteiger partial charge in [-0.25, -0.2) is 4.98 Å². The van der Waals surface area contributed by atoms with Gasteiger partial charge in [-0.3, -0.25) is 0 Å². The van der Waals surface area contributed by atoms with Gasteiger partial charge >= 0.3 is 0 Å². The average molecular weight is 213 g/mol. The molecule has 2 heterocycles. The molecule has 0 saturated carbocycles. The van der Waals surface area contributed by atoms with Crippen LogP contribution in [-0.4, -0.2) is 33.2 Å². The van der Waals surface area contributed by atoms with Crippen LogP contribution in [0.3, 0.4) is 0 Å². The summed E-state index contributed by atoms with van der Waals surface area (Å²) in [6.45, 7) is 5.31. The van der Waals surface area contributed by atoms with Crippen molar-refractivity contribution in [1.82, 2.24) is 9.36 Å². The van der Waals surface area contributed by atoms with Gasteiger partial charge in [0.25, 0.3) is 0 Å². The van der Waals surface area contributed by atoms with Crippen LogP contribution >= 0.6 is 11.5 Å². The molecule has 1 fully saturated rings. The Morgan fingerprint density at radius 2 is 2.29 bits per heavy atom. The number of aliphatic hydroxyl groups is 1. The smallest absolute Gasteiger partial charge is 0.205 e. The highest BCUT2D eigenvalue weighted by Gasteiger charge is 2.38. The Labute approximate surface area is 87.8 Å². The first kappa shape index (κ1) is 9.86. The molecule has 1 saturated heterocycles. The maximum Gasteiger partial charge on any atom is 0.205 e. The Morgan fingerprint density at radius 3 is 2.86 bits per heavy atom. The van der Waals surface area contributed by atoms with Gasteiger partial charge in [0, 0.05) is 18.0 Å². The van der Waals surface area contributed by atoms with Gasteiger partial charge in [0.2, 0.25) is 5.13 Å². The average Bonchev–Trinajstić information content (AvgIpc) is 2.49. The van der Waals surface area contributed by atoms with Crippen molar-refractivity contribution in [2.75, 3.05) is 18.0 Å². The van der Waals surface area contributed by atoms with Gasteiger partial charge in [0.15, 0.2) is 0 Å². The lowest BCUT2D eigenvalue weighted by Crippen LogP contribution is -2.60. The molecule has 0 radical (unpaired) electrons. The van der Waals surface area contributed by atoms with Crippen LogP contribution in [0.5, 0.6) is 0 Å². The van der Waals surface area contributed by atoms with Crippen molar-refractivity contribution in [1.29, 1.82) is 0 Å². The number of hydrogen-bond donors (Lipinski definition) is 1. The number of nitrogens with zero attached hydrogens (tertiary/aromatic N) is 3. The summed E-state index contributed by atoms with van der Waals surface area (Å²) >= 11 is 1.43. The molecule has 0 aliphatic carbocycles. The van der Waals surface area contributed by atoms with Crippen LogP contribution in [0.2, 0.25) is 0 Å². The number of rotatable bonds is 3. The molecule has 1 aromatic rings. The van der Waals surface area contributed by atoms with Crippen LogP contribution in [0, 0.1) is 0 Å². The lowest BCUT2D eigenvalue weighted by Gasteiger charge is -2.43. The molecule has 0 spiro atoms. The van der Waals surface area contributed by atoms with Crippen LogP contribution in [0.25, 0.3) is 0 Å². The Kier molecular flexibility index (Phi) is 2.45. The second-order valence-electron chi connectivity index (χ2n) is 4.10. The standard InChI is InChI=1S/C9H15N3OS/c1-3-4-7-10-8(14-11-7)12-5-9(2,13)6-12/h13H,3-6H2,1-2H3. The van der Waals surface area contributed by atoms with Gasteiger partial charge in [0.1, 0.15) is 5.82 Å². The minimum Gasteiger partial charge on any atom is -0.386 e.